The van der Waals surface area contributed by atoms with E-state index in [-0.39, 0.29) is 16.5 Å². The number of anilines is 2. The van der Waals surface area contributed by atoms with E-state index in [1.807, 2.05) is 0 Å². The summed E-state index contributed by atoms with van der Waals surface area (Å²) in [5.74, 6) is -0.422. The maximum Gasteiger partial charge on any atom is 0.264 e. The maximum absolute atomic E-state index is 13.6. The average Bonchev–Trinajstić information content (AvgIpc) is 2.92. The Labute approximate surface area is 211 Å². The number of nitrogens with one attached hydrogen (secondary N) is 1. The summed E-state index contributed by atoms with van der Waals surface area (Å²) in [6.07, 6.45) is 2.99. The van der Waals surface area contributed by atoms with Crippen molar-refractivity contribution in [3.63, 3.8) is 0 Å². The molecule has 3 aromatic rings. The minimum Gasteiger partial charge on any atom is -0.495 e. The van der Waals surface area contributed by atoms with Crippen LogP contribution < -0.4 is 14.4 Å². The Kier molecular flexibility index (Phi) is 7.90. The van der Waals surface area contributed by atoms with E-state index in [1.165, 1.54) is 19.2 Å². The Hall–Kier alpha value is -3.85. The smallest absolute Gasteiger partial charge is 0.264 e. The van der Waals surface area contributed by atoms with Crippen molar-refractivity contribution < 1.29 is 22.7 Å². The van der Waals surface area contributed by atoms with E-state index in [0.29, 0.717) is 30.1 Å². The topological polar surface area (TPSA) is 96.0 Å². The monoisotopic (exact) mass is 507 g/mol. The van der Waals surface area contributed by atoms with Gasteiger partial charge in [-0.05, 0) is 55.7 Å². The second-order valence-electron chi connectivity index (χ2n) is 8.44. The van der Waals surface area contributed by atoms with E-state index in [9.17, 15) is 18.0 Å². The Morgan fingerprint density at radius 1 is 0.889 bits per heavy atom. The van der Waals surface area contributed by atoms with Crippen molar-refractivity contribution >= 4 is 33.2 Å². The van der Waals surface area contributed by atoms with Crippen molar-refractivity contribution in [2.75, 3.05) is 36.4 Å². The van der Waals surface area contributed by atoms with Crippen LogP contribution in [-0.4, -0.2) is 51.9 Å². The van der Waals surface area contributed by atoms with Crippen LogP contribution >= 0.6 is 0 Å². The lowest BCUT2D eigenvalue weighted by Crippen LogP contribution is -2.39. The second kappa shape index (κ2) is 11.3. The van der Waals surface area contributed by atoms with Crippen molar-refractivity contribution in [2.24, 2.45) is 0 Å². The Morgan fingerprint density at radius 3 is 2.25 bits per heavy atom. The first-order chi connectivity index (χ1) is 17.4. The third-order valence-corrected chi connectivity index (χ3v) is 7.82. The van der Waals surface area contributed by atoms with Gasteiger partial charge in [-0.3, -0.25) is 13.9 Å². The molecule has 0 atom stereocenters. The van der Waals surface area contributed by atoms with Crippen molar-refractivity contribution in [2.45, 2.75) is 24.2 Å². The van der Waals surface area contributed by atoms with Crippen LogP contribution in [0.5, 0.6) is 5.75 Å². The molecule has 1 aliphatic rings. The van der Waals surface area contributed by atoms with Gasteiger partial charge in [0, 0.05) is 13.1 Å². The molecule has 0 bridgehead atoms. The zero-order valence-electron chi connectivity index (χ0n) is 20.1. The second-order valence-corrected chi connectivity index (χ2v) is 10.3. The number of benzene rings is 3. The first-order valence-electron chi connectivity index (χ1n) is 11.8. The Balaban J connectivity index is 1.63. The number of sulfonamides is 1. The summed E-state index contributed by atoms with van der Waals surface area (Å²) < 4.78 is 33.6. The molecule has 1 N–H and O–H groups in total. The van der Waals surface area contributed by atoms with Gasteiger partial charge in [0.15, 0.2) is 0 Å². The van der Waals surface area contributed by atoms with Crippen LogP contribution in [0.4, 0.5) is 11.4 Å². The molecule has 0 saturated carbocycles. The molecule has 1 aliphatic heterocycles. The largest absolute Gasteiger partial charge is 0.495 e. The van der Waals surface area contributed by atoms with Crippen LogP contribution in [0.1, 0.15) is 29.6 Å². The number of hydrogen-bond acceptors (Lipinski definition) is 5. The number of nitrogens with zero attached hydrogens (tertiary/aromatic N) is 2. The van der Waals surface area contributed by atoms with Gasteiger partial charge in [0.2, 0.25) is 5.91 Å². The lowest BCUT2D eigenvalue weighted by atomic mass is 10.1. The zero-order valence-corrected chi connectivity index (χ0v) is 20.9. The van der Waals surface area contributed by atoms with Crippen LogP contribution in [0.3, 0.4) is 0 Å². The molecule has 36 heavy (non-hydrogen) atoms. The summed E-state index contributed by atoms with van der Waals surface area (Å²) in [6, 6.07) is 21.3. The molecular formula is C27H29N3O5S. The number of hydrogen-bond donors (Lipinski definition) is 1. The predicted octanol–water partition coefficient (Wildman–Crippen LogP) is 4.16. The molecule has 2 amide bonds. The molecule has 1 heterocycles. The lowest BCUT2D eigenvalue weighted by Gasteiger charge is -2.28. The summed E-state index contributed by atoms with van der Waals surface area (Å²) >= 11 is 0. The number of methoxy groups -OCH3 is 1. The summed E-state index contributed by atoms with van der Waals surface area (Å²) in [4.78, 5) is 28.2. The Morgan fingerprint density at radius 2 is 1.53 bits per heavy atom. The molecule has 0 aliphatic carbocycles. The van der Waals surface area contributed by atoms with E-state index in [0.717, 1.165) is 23.6 Å². The van der Waals surface area contributed by atoms with Crippen LogP contribution in [0, 0.1) is 0 Å². The van der Waals surface area contributed by atoms with Crippen LogP contribution in [0.2, 0.25) is 0 Å². The lowest BCUT2D eigenvalue weighted by molar-refractivity contribution is -0.114. The highest BCUT2D eigenvalue weighted by atomic mass is 32.2. The number of piperidine rings is 1. The van der Waals surface area contributed by atoms with Crippen LogP contribution in [0.25, 0.3) is 0 Å². The van der Waals surface area contributed by atoms with Crippen molar-refractivity contribution in [1.29, 1.82) is 0 Å². The van der Waals surface area contributed by atoms with E-state index in [1.54, 1.807) is 71.6 Å². The van der Waals surface area contributed by atoms with E-state index < -0.39 is 22.5 Å². The normalized spacial score (nSPS) is 13.6. The molecule has 1 saturated heterocycles. The third-order valence-electron chi connectivity index (χ3n) is 6.05. The van der Waals surface area contributed by atoms with Gasteiger partial charge in [-0.15, -0.1) is 0 Å². The van der Waals surface area contributed by atoms with Gasteiger partial charge in [0.05, 0.1) is 28.9 Å². The molecule has 9 heteroatoms. The number of para-hydroxylation sites is 3. The molecule has 1 fully saturated rings. The van der Waals surface area contributed by atoms with Gasteiger partial charge < -0.3 is 15.0 Å². The first kappa shape index (κ1) is 25.2. The van der Waals surface area contributed by atoms with E-state index >= 15 is 0 Å². The van der Waals surface area contributed by atoms with Crippen LogP contribution in [-0.2, 0) is 14.8 Å². The van der Waals surface area contributed by atoms with E-state index in [2.05, 4.69) is 5.32 Å². The minimum atomic E-state index is -4.10. The fourth-order valence-electron chi connectivity index (χ4n) is 4.22. The molecule has 188 valence electrons. The molecule has 0 aromatic heterocycles. The highest BCUT2D eigenvalue weighted by Crippen LogP contribution is 2.32. The van der Waals surface area contributed by atoms with Crippen LogP contribution in [0.15, 0.2) is 83.8 Å². The maximum atomic E-state index is 13.6. The molecule has 0 spiro atoms. The summed E-state index contributed by atoms with van der Waals surface area (Å²) in [7, 11) is -2.66. The SMILES string of the molecule is COc1ccccc1N(CC(=O)Nc1ccccc1C(=O)N1CCCCC1)S(=O)(=O)c1ccccc1. The number of likely N-dealkylation sites (tertiary alicyclic amines) is 1. The molecule has 4 rings (SSSR count). The van der Waals surface area contributed by atoms with Gasteiger partial charge in [-0.25, -0.2) is 8.42 Å². The molecule has 0 unspecified atom stereocenters. The van der Waals surface area contributed by atoms with Gasteiger partial charge in [0.25, 0.3) is 15.9 Å². The molecular weight excluding hydrogens is 478 g/mol. The van der Waals surface area contributed by atoms with E-state index in [4.69, 9.17) is 4.74 Å². The van der Waals surface area contributed by atoms with Gasteiger partial charge in [-0.1, -0.05) is 42.5 Å². The average molecular weight is 508 g/mol. The third kappa shape index (κ3) is 5.52. The quantitative estimate of drug-likeness (QED) is 0.494. The Bertz CT molecular complexity index is 1320. The fraction of sp³-hybridized carbons (Fsp3) is 0.259. The van der Waals surface area contributed by atoms with Crippen molar-refractivity contribution in [3.8, 4) is 5.75 Å². The minimum absolute atomic E-state index is 0.0457. The zero-order chi connectivity index (χ0) is 25.5. The van der Waals surface area contributed by atoms with Gasteiger partial charge in [0.1, 0.15) is 12.3 Å². The number of carbonyl (C=O) groups is 2. The number of ether oxygens (including phenoxy) is 1. The molecule has 8 nitrogen and oxygen atoms in total. The highest BCUT2D eigenvalue weighted by molar-refractivity contribution is 7.92. The van der Waals surface area contributed by atoms with Crippen molar-refractivity contribution in [3.05, 3.63) is 84.4 Å². The van der Waals surface area contributed by atoms with Gasteiger partial charge in [-0.2, -0.15) is 0 Å². The predicted molar refractivity (Wildman–Crippen MR) is 139 cm³/mol. The van der Waals surface area contributed by atoms with Crippen molar-refractivity contribution in [1.82, 2.24) is 4.90 Å². The number of carbonyl (C=O) groups excluding carboxylic acids is 2. The standard InChI is InChI=1S/C27H29N3O5S/c1-35-25-17-9-8-16-24(25)30(36(33,34)21-12-4-2-5-13-21)20-26(31)28-23-15-7-6-14-22(23)27(32)29-18-10-3-11-19-29/h2,4-9,12-17H,3,10-11,18-20H2,1H3,(H,28,31). The molecule has 0 radical (unpaired) electrons. The summed E-state index contributed by atoms with van der Waals surface area (Å²) in [5, 5.41) is 2.76. The molecule has 3 aromatic carbocycles. The highest BCUT2D eigenvalue weighted by Gasteiger charge is 2.30. The number of amides is 2. The van der Waals surface area contributed by atoms with Gasteiger partial charge >= 0.3 is 0 Å². The number of rotatable bonds is 8. The summed E-state index contributed by atoms with van der Waals surface area (Å²) in [5.41, 5.74) is 0.953. The summed E-state index contributed by atoms with van der Waals surface area (Å²) in [6.45, 7) is 0.847. The fourth-order valence-corrected chi connectivity index (χ4v) is 5.67. The first-order valence-corrected chi connectivity index (χ1v) is 13.2.